The monoisotopic (exact) mass is 381 g/mol. The molecule has 144 valence electrons. The lowest BCUT2D eigenvalue weighted by atomic mass is 10.1. The standard InChI is InChI=1S/C21H20FN3O3/c1-13(2)20-19(12-23-25(20)17-8-4-15(22)5-9-17)21(27)28-18-10-6-16(7-11-18)24-14(3)26/h4-13H,1-3H3,(H,24,26). The Morgan fingerprint density at radius 1 is 1.07 bits per heavy atom. The molecule has 3 aromatic rings. The van der Waals surface area contributed by atoms with Crippen molar-refractivity contribution >= 4 is 17.6 Å². The molecule has 1 heterocycles. The van der Waals surface area contributed by atoms with Gasteiger partial charge in [0.05, 0.1) is 17.6 Å². The quantitative estimate of drug-likeness (QED) is 0.528. The molecule has 2 aromatic carbocycles. The summed E-state index contributed by atoms with van der Waals surface area (Å²) >= 11 is 0. The lowest BCUT2D eigenvalue weighted by molar-refractivity contribution is -0.114. The smallest absolute Gasteiger partial charge is 0.347 e. The third kappa shape index (κ3) is 4.25. The molecule has 0 aliphatic rings. The topological polar surface area (TPSA) is 73.2 Å². The van der Waals surface area contributed by atoms with E-state index in [1.54, 1.807) is 41.1 Å². The number of aromatic nitrogens is 2. The van der Waals surface area contributed by atoms with Gasteiger partial charge in [-0.15, -0.1) is 0 Å². The molecule has 0 aliphatic heterocycles. The van der Waals surface area contributed by atoms with E-state index >= 15 is 0 Å². The van der Waals surface area contributed by atoms with Crippen LogP contribution in [-0.4, -0.2) is 21.7 Å². The van der Waals surface area contributed by atoms with Crippen LogP contribution in [0.4, 0.5) is 10.1 Å². The van der Waals surface area contributed by atoms with Gasteiger partial charge in [0.1, 0.15) is 17.1 Å². The van der Waals surface area contributed by atoms with Gasteiger partial charge in [-0.25, -0.2) is 13.9 Å². The fourth-order valence-electron chi connectivity index (χ4n) is 2.83. The number of hydrogen-bond donors (Lipinski definition) is 1. The Morgan fingerprint density at radius 3 is 2.29 bits per heavy atom. The van der Waals surface area contributed by atoms with Gasteiger partial charge < -0.3 is 10.1 Å². The van der Waals surface area contributed by atoms with Crippen LogP contribution in [-0.2, 0) is 4.79 Å². The number of halogens is 1. The molecule has 0 spiro atoms. The van der Waals surface area contributed by atoms with Gasteiger partial charge >= 0.3 is 5.97 Å². The maximum atomic E-state index is 13.2. The van der Waals surface area contributed by atoms with Gasteiger partial charge in [0, 0.05) is 12.6 Å². The minimum atomic E-state index is -0.538. The molecule has 1 aromatic heterocycles. The van der Waals surface area contributed by atoms with Gasteiger partial charge in [0.15, 0.2) is 0 Å². The van der Waals surface area contributed by atoms with E-state index in [2.05, 4.69) is 10.4 Å². The van der Waals surface area contributed by atoms with Crippen molar-refractivity contribution in [2.45, 2.75) is 26.7 Å². The van der Waals surface area contributed by atoms with Crippen LogP contribution in [0.2, 0.25) is 0 Å². The van der Waals surface area contributed by atoms with Crippen LogP contribution in [0.15, 0.2) is 54.7 Å². The largest absolute Gasteiger partial charge is 0.423 e. The number of ether oxygens (including phenoxy) is 1. The molecule has 0 saturated carbocycles. The lowest BCUT2D eigenvalue weighted by Crippen LogP contribution is -2.13. The van der Waals surface area contributed by atoms with Gasteiger partial charge in [-0.1, -0.05) is 13.8 Å². The zero-order valence-electron chi connectivity index (χ0n) is 15.8. The Labute approximate surface area is 161 Å². The molecule has 0 saturated heterocycles. The molecule has 0 aliphatic carbocycles. The summed E-state index contributed by atoms with van der Waals surface area (Å²) in [6.07, 6.45) is 1.45. The van der Waals surface area contributed by atoms with Crippen molar-refractivity contribution in [2.75, 3.05) is 5.32 Å². The minimum Gasteiger partial charge on any atom is -0.423 e. The summed E-state index contributed by atoms with van der Waals surface area (Å²) in [5, 5.41) is 6.94. The van der Waals surface area contributed by atoms with E-state index < -0.39 is 5.97 Å². The summed E-state index contributed by atoms with van der Waals surface area (Å²) < 4.78 is 20.3. The highest BCUT2D eigenvalue weighted by molar-refractivity contribution is 5.92. The van der Waals surface area contributed by atoms with Crippen LogP contribution in [0, 0.1) is 5.82 Å². The van der Waals surface area contributed by atoms with Crippen LogP contribution in [0.5, 0.6) is 5.75 Å². The number of hydrogen-bond acceptors (Lipinski definition) is 4. The molecule has 3 rings (SSSR count). The molecular weight excluding hydrogens is 361 g/mol. The van der Waals surface area contributed by atoms with Crippen LogP contribution in [0.3, 0.4) is 0 Å². The lowest BCUT2D eigenvalue weighted by Gasteiger charge is -2.13. The van der Waals surface area contributed by atoms with Gasteiger partial charge in [-0.05, 0) is 54.4 Å². The fraction of sp³-hybridized carbons (Fsp3) is 0.190. The molecule has 28 heavy (non-hydrogen) atoms. The van der Waals surface area contributed by atoms with Crippen LogP contribution < -0.4 is 10.1 Å². The third-order valence-electron chi connectivity index (χ3n) is 4.03. The molecule has 1 N–H and O–H groups in total. The highest BCUT2D eigenvalue weighted by Crippen LogP contribution is 2.25. The Bertz CT molecular complexity index is 993. The van der Waals surface area contributed by atoms with E-state index in [0.717, 1.165) is 0 Å². The summed E-state index contributed by atoms with van der Waals surface area (Å²) in [5.74, 6) is -0.728. The number of anilines is 1. The first-order valence-corrected chi connectivity index (χ1v) is 8.79. The Balaban J connectivity index is 1.85. The SMILES string of the molecule is CC(=O)Nc1ccc(OC(=O)c2cnn(-c3ccc(F)cc3)c2C(C)C)cc1. The van der Waals surface area contributed by atoms with Crippen molar-refractivity contribution in [3.05, 3.63) is 71.8 Å². The predicted octanol–water partition coefficient (Wildman–Crippen LogP) is 4.31. The number of amides is 1. The third-order valence-corrected chi connectivity index (χ3v) is 4.03. The normalized spacial score (nSPS) is 10.8. The summed E-state index contributed by atoms with van der Waals surface area (Å²) in [5.41, 5.74) is 2.28. The first-order chi connectivity index (χ1) is 13.3. The molecular formula is C21H20FN3O3. The zero-order chi connectivity index (χ0) is 20.3. The minimum absolute atomic E-state index is 0.0164. The molecule has 6 nitrogen and oxygen atoms in total. The van der Waals surface area contributed by atoms with Crippen LogP contribution >= 0.6 is 0 Å². The first kappa shape index (κ1) is 19.3. The second-order valence-electron chi connectivity index (χ2n) is 6.58. The van der Waals surface area contributed by atoms with Gasteiger partial charge in [0.2, 0.25) is 5.91 Å². The van der Waals surface area contributed by atoms with Crippen molar-refractivity contribution in [1.82, 2.24) is 9.78 Å². The van der Waals surface area contributed by atoms with Crippen molar-refractivity contribution in [3.63, 3.8) is 0 Å². The summed E-state index contributed by atoms with van der Waals surface area (Å²) in [6, 6.07) is 12.4. The number of nitrogens with one attached hydrogen (secondary N) is 1. The van der Waals surface area contributed by atoms with E-state index in [0.29, 0.717) is 28.4 Å². The highest BCUT2D eigenvalue weighted by atomic mass is 19.1. The molecule has 7 heteroatoms. The Hall–Kier alpha value is -3.48. The van der Waals surface area contributed by atoms with E-state index in [4.69, 9.17) is 4.74 Å². The van der Waals surface area contributed by atoms with Crippen molar-refractivity contribution < 1.29 is 18.7 Å². The molecule has 0 bridgehead atoms. The highest BCUT2D eigenvalue weighted by Gasteiger charge is 2.22. The summed E-state index contributed by atoms with van der Waals surface area (Å²) in [7, 11) is 0. The van der Waals surface area contributed by atoms with Gasteiger partial charge in [0.25, 0.3) is 0 Å². The van der Waals surface area contributed by atoms with Gasteiger partial charge in [-0.3, -0.25) is 4.79 Å². The number of rotatable bonds is 5. The molecule has 0 unspecified atom stereocenters. The number of esters is 1. The Kier molecular flexibility index (Phi) is 5.54. The molecule has 1 amide bonds. The van der Waals surface area contributed by atoms with Crippen molar-refractivity contribution in [3.8, 4) is 11.4 Å². The van der Waals surface area contributed by atoms with Crippen LogP contribution in [0.25, 0.3) is 5.69 Å². The van der Waals surface area contributed by atoms with E-state index in [1.807, 2.05) is 13.8 Å². The number of nitrogens with zero attached hydrogens (tertiary/aromatic N) is 2. The number of benzene rings is 2. The maximum Gasteiger partial charge on any atom is 0.347 e. The molecule has 0 fully saturated rings. The second kappa shape index (κ2) is 8.04. The number of carbonyl (C=O) groups is 2. The van der Waals surface area contributed by atoms with Crippen molar-refractivity contribution in [2.24, 2.45) is 0 Å². The fourth-order valence-corrected chi connectivity index (χ4v) is 2.83. The van der Waals surface area contributed by atoms with E-state index in [9.17, 15) is 14.0 Å². The zero-order valence-corrected chi connectivity index (χ0v) is 15.8. The average molecular weight is 381 g/mol. The second-order valence-corrected chi connectivity index (χ2v) is 6.58. The molecule has 0 radical (unpaired) electrons. The predicted molar refractivity (Wildman–Crippen MR) is 103 cm³/mol. The summed E-state index contributed by atoms with van der Waals surface area (Å²) in [4.78, 5) is 23.8. The first-order valence-electron chi connectivity index (χ1n) is 8.79. The average Bonchev–Trinajstić information content (AvgIpc) is 3.09. The van der Waals surface area contributed by atoms with Crippen molar-refractivity contribution in [1.29, 1.82) is 0 Å². The van der Waals surface area contributed by atoms with E-state index in [1.165, 1.54) is 25.3 Å². The summed E-state index contributed by atoms with van der Waals surface area (Å²) in [6.45, 7) is 5.30. The maximum absolute atomic E-state index is 13.2. The van der Waals surface area contributed by atoms with E-state index in [-0.39, 0.29) is 17.6 Å². The molecule has 0 atom stereocenters. The van der Waals surface area contributed by atoms with Gasteiger partial charge in [-0.2, -0.15) is 5.10 Å². The number of carbonyl (C=O) groups excluding carboxylic acids is 2. The van der Waals surface area contributed by atoms with Crippen LogP contribution in [0.1, 0.15) is 42.7 Å². The Morgan fingerprint density at radius 2 is 1.71 bits per heavy atom.